The molecule has 0 atom stereocenters. The number of nitrogens with one attached hydrogen (secondary N) is 2. The van der Waals surface area contributed by atoms with Crippen LogP contribution >= 0.6 is 0 Å². The fourth-order valence-corrected chi connectivity index (χ4v) is 5.58. The van der Waals surface area contributed by atoms with E-state index in [1.54, 1.807) is 7.11 Å². The maximum absolute atomic E-state index is 13.0. The van der Waals surface area contributed by atoms with Gasteiger partial charge in [-0.05, 0) is 94.7 Å². The summed E-state index contributed by atoms with van der Waals surface area (Å²) in [5.74, 6) is 0.622. The molecule has 0 aromatic heterocycles. The van der Waals surface area contributed by atoms with Crippen LogP contribution in [-0.2, 0) is 17.9 Å². The molecule has 1 fully saturated rings. The van der Waals surface area contributed by atoms with E-state index in [4.69, 9.17) is 4.74 Å². The maximum atomic E-state index is 13.0. The van der Waals surface area contributed by atoms with Gasteiger partial charge in [0.1, 0.15) is 5.75 Å². The van der Waals surface area contributed by atoms with Crippen LogP contribution in [0.25, 0.3) is 0 Å². The number of urea groups is 1. The topological polar surface area (TPSA) is 111 Å². The van der Waals surface area contributed by atoms with Crippen molar-refractivity contribution in [1.29, 1.82) is 0 Å². The molecule has 1 saturated carbocycles. The van der Waals surface area contributed by atoms with Crippen molar-refractivity contribution in [2.75, 3.05) is 17.7 Å². The second-order valence-corrected chi connectivity index (χ2v) is 11.7. The van der Waals surface area contributed by atoms with Gasteiger partial charge in [-0.15, -0.1) is 0 Å². The van der Waals surface area contributed by atoms with Gasteiger partial charge in [-0.1, -0.05) is 12.1 Å². The van der Waals surface area contributed by atoms with Gasteiger partial charge < -0.3 is 25.4 Å². The number of carbonyl (C=O) groups is 3. The number of benzene rings is 2. The third-order valence-electron chi connectivity index (χ3n) is 8.09. The number of hydrogen-bond donors (Lipinski definition) is 3. The van der Waals surface area contributed by atoms with Crippen LogP contribution in [0.2, 0.25) is 0 Å². The average molecular weight is 537 g/mol. The number of ether oxygens (including phenoxy) is 1. The van der Waals surface area contributed by atoms with E-state index in [-0.39, 0.29) is 30.4 Å². The molecule has 0 spiro atoms. The lowest BCUT2D eigenvalue weighted by Gasteiger charge is -2.40. The minimum absolute atomic E-state index is 0.00452. The van der Waals surface area contributed by atoms with Gasteiger partial charge in [-0.3, -0.25) is 9.69 Å². The van der Waals surface area contributed by atoms with Gasteiger partial charge in [0.05, 0.1) is 13.7 Å². The van der Waals surface area contributed by atoms with Crippen molar-refractivity contribution in [3.05, 3.63) is 52.6 Å². The van der Waals surface area contributed by atoms with Crippen molar-refractivity contribution in [3.63, 3.8) is 0 Å². The van der Waals surface area contributed by atoms with Crippen LogP contribution in [0, 0.1) is 19.8 Å². The smallest absolute Gasteiger partial charge is 0.408 e. The van der Waals surface area contributed by atoms with Crippen molar-refractivity contribution in [3.8, 4) is 5.75 Å². The number of aryl methyl sites for hydroxylation is 1. The number of carboxylic acid groups (broad SMARTS) is 1. The Hall–Kier alpha value is -3.75. The molecule has 0 unspecified atom stereocenters. The molecule has 39 heavy (non-hydrogen) atoms. The highest BCUT2D eigenvalue weighted by Gasteiger charge is 2.35. The van der Waals surface area contributed by atoms with E-state index < -0.39 is 11.6 Å². The Morgan fingerprint density at radius 1 is 1.13 bits per heavy atom. The van der Waals surface area contributed by atoms with Gasteiger partial charge in [-0.25, -0.2) is 9.59 Å². The largest absolute Gasteiger partial charge is 0.496 e. The molecule has 2 aromatic rings. The number of hydrogen-bond acceptors (Lipinski definition) is 4. The van der Waals surface area contributed by atoms with E-state index >= 15 is 0 Å². The summed E-state index contributed by atoms with van der Waals surface area (Å²) in [6.45, 7) is 10.3. The Morgan fingerprint density at radius 3 is 2.44 bits per heavy atom. The molecule has 9 nitrogen and oxygen atoms in total. The molecule has 3 N–H and O–H groups in total. The Kier molecular flexibility index (Phi) is 8.09. The van der Waals surface area contributed by atoms with E-state index in [1.165, 1.54) is 4.90 Å². The van der Waals surface area contributed by atoms with E-state index in [0.29, 0.717) is 19.4 Å². The molecule has 2 aliphatic rings. The van der Waals surface area contributed by atoms with Crippen molar-refractivity contribution in [2.24, 2.45) is 5.92 Å². The molecule has 1 aliphatic heterocycles. The first-order chi connectivity index (χ1) is 18.4. The lowest BCUT2D eigenvalue weighted by atomic mass is 9.84. The average Bonchev–Trinajstić information content (AvgIpc) is 2.88. The Labute approximate surface area is 230 Å². The molecule has 4 amide bonds. The minimum atomic E-state index is -0.961. The summed E-state index contributed by atoms with van der Waals surface area (Å²) in [5.41, 5.74) is 4.90. The Balaban J connectivity index is 1.42. The van der Waals surface area contributed by atoms with E-state index in [2.05, 4.69) is 10.6 Å². The summed E-state index contributed by atoms with van der Waals surface area (Å²) in [5, 5.41) is 15.8. The molecule has 4 rings (SSSR count). The first kappa shape index (κ1) is 28.3. The molecule has 2 aromatic carbocycles. The van der Waals surface area contributed by atoms with E-state index in [9.17, 15) is 19.5 Å². The first-order valence-corrected chi connectivity index (χ1v) is 13.5. The molecule has 9 heteroatoms. The maximum Gasteiger partial charge on any atom is 0.408 e. The predicted molar refractivity (Wildman–Crippen MR) is 151 cm³/mol. The van der Waals surface area contributed by atoms with Crippen LogP contribution in [0.15, 0.2) is 30.3 Å². The summed E-state index contributed by atoms with van der Waals surface area (Å²) < 4.78 is 5.37. The van der Waals surface area contributed by atoms with Crippen LogP contribution < -0.4 is 15.4 Å². The second-order valence-electron chi connectivity index (χ2n) is 11.7. The minimum Gasteiger partial charge on any atom is -0.496 e. The zero-order chi connectivity index (χ0) is 28.5. The third kappa shape index (κ3) is 6.13. The number of fused-ring (bicyclic) bond motifs is 1. The summed E-state index contributed by atoms with van der Waals surface area (Å²) in [4.78, 5) is 41.2. The van der Waals surface area contributed by atoms with Gasteiger partial charge in [0.2, 0.25) is 5.91 Å². The van der Waals surface area contributed by atoms with Gasteiger partial charge >= 0.3 is 12.1 Å². The highest BCUT2D eigenvalue weighted by atomic mass is 16.5. The lowest BCUT2D eigenvalue weighted by Crippen LogP contribution is -2.47. The van der Waals surface area contributed by atoms with E-state index in [1.807, 2.05) is 69.9 Å². The predicted octanol–water partition coefficient (Wildman–Crippen LogP) is 6.14. The van der Waals surface area contributed by atoms with Gasteiger partial charge in [-0.2, -0.15) is 0 Å². The highest BCUT2D eigenvalue weighted by molar-refractivity contribution is 5.94. The van der Waals surface area contributed by atoms with Crippen LogP contribution in [-0.4, -0.2) is 51.6 Å². The van der Waals surface area contributed by atoms with E-state index in [0.717, 1.165) is 52.2 Å². The van der Waals surface area contributed by atoms with Gasteiger partial charge in [0.25, 0.3) is 0 Å². The molecule has 1 heterocycles. The second kappa shape index (κ2) is 11.2. The zero-order valence-electron chi connectivity index (χ0n) is 23.8. The van der Waals surface area contributed by atoms with Crippen LogP contribution in [0.1, 0.15) is 68.7 Å². The molecule has 0 bridgehead atoms. The van der Waals surface area contributed by atoms with Crippen molar-refractivity contribution >= 4 is 29.4 Å². The number of amides is 4. The normalized spacial score (nSPS) is 19.1. The fraction of sp³-hybridized carbons (Fsp3) is 0.500. The highest BCUT2D eigenvalue weighted by Crippen LogP contribution is 2.35. The summed E-state index contributed by atoms with van der Waals surface area (Å²) in [6, 6.07) is 9.32. The molecular weight excluding hydrogens is 496 g/mol. The summed E-state index contributed by atoms with van der Waals surface area (Å²) in [6.07, 6.45) is 1.93. The zero-order valence-corrected chi connectivity index (χ0v) is 23.8. The first-order valence-electron chi connectivity index (χ1n) is 13.5. The Morgan fingerprint density at radius 2 is 1.82 bits per heavy atom. The molecule has 0 radical (unpaired) electrons. The number of carbonyl (C=O) groups excluding carboxylic acids is 2. The van der Waals surface area contributed by atoms with Crippen molar-refractivity contribution in [2.45, 2.75) is 85.0 Å². The monoisotopic (exact) mass is 536 g/mol. The molecule has 0 saturated heterocycles. The van der Waals surface area contributed by atoms with Crippen molar-refractivity contribution < 1.29 is 24.2 Å². The van der Waals surface area contributed by atoms with Crippen LogP contribution in [0.3, 0.4) is 0 Å². The van der Waals surface area contributed by atoms with Gasteiger partial charge in [0.15, 0.2) is 0 Å². The summed E-state index contributed by atoms with van der Waals surface area (Å²) in [7, 11) is 1.61. The molecule has 1 aliphatic carbocycles. The van der Waals surface area contributed by atoms with Crippen LogP contribution in [0.5, 0.6) is 5.75 Å². The molecule has 210 valence electrons. The SMILES string of the molecule is COc1cc(NC(=O)C2CCC(N3Cc4c(ccc(CN(C(=O)O)C(C)(C)C)c4C)NC3=O)CC2)ccc1C. The molecular formula is C30H40N4O5. The number of nitrogens with zero attached hydrogens (tertiary/aromatic N) is 2. The third-order valence-corrected chi connectivity index (χ3v) is 8.09. The summed E-state index contributed by atoms with van der Waals surface area (Å²) >= 11 is 0. The fourth-order valence-electron chi connectivity index (χ4n) is 5.58. The van der Waals surface area contributed by atoms with Crippen molar-refractivity contribution in [1.82, 2.24) is 9.80 Å². The Bertz CT molecular complexity index is 1260. The number of anilines is 2. The lowest BCUT2D eigenvalue weighted by molar-refractivity contribution is -0.121. The number of rotatable bonds is 6. The quantitative estimate of drug-likeness (QED) is 0.411. The number of methoxy groups -OCH3 is 1. The van der Waals surface area contributed by atoms with Gasteiger partial charge in [0, 0.05) is 41.5 Å². The standard InChI is InChI=1S/C30H40N4O5/c1-18-7-11-22(15-26(18)39-6)31-27(35)20-8-12-23(13-9-20)33-17-24-19(2)21(10-14-25(24)32-28(33)36)16-34(29(37)38)30(3,4)5/h7,10-11,14-15,20,23H,8-9,12-13,16-17H2,1-6H3,(H,31,35)(H,32,36)(H,37,38). The van der Waals surface area contributed by atoms with Crippen LogP contribution in [0.4, 0.5) is 21.0 Å².